The number of carbonyl (C=O) groups excluding carboxylic acids is 1. The predicted molar refractivity (Wildman–Crippen MR) is 77.3 cm³/mol. The molecule has 0 atom stereocenters. The quantitative estimate of drug-likeness (QED) is 0.791. The van der Waals surface area contributed by atoms with E-state index in [1.54, 1.807) is 10.9 Å². The first kappa shape index (κ1) is 12.3. The van der Waals surface area contributed by atoms with Crippen LogP contribution in [0.4, 0.5) is 5.69 Å². The number of aryl methyl sites for hydroxylation is 1. The normalized spacial score (nSPS) is 10.7. The topological polar surface area (TPSA) is 59.8 Å². The summed E-state index contributed by atoms with van der Waals surface area (Å²) in [6.45, 7) is 2.03. The van der Waals surface area contributed by atoms with E-state index in [4.69, 9.17) is 0 Å². The number of nitrogens with zero attached hydrogens (tertiary/aromatic N) is 3. The SMILES string of the molecule is Cc1cnnn1CC(=O)Nc1cccc2ccccc12. The van der Waals surface area contributed by atoms with Crippen molar-refractivity contribution in [3.63, 3.8) is 0 Å². The molecule has 0 aliphatic heterocycles. The summed E-state index contributed by atoms with van der Waals surface area (Å²) in [5.41, 5.74) is 1.67. The largest absolute Gasteiger partial charge is 0.324 e. The minimum atomic E-state index is -0.116. The van der Waals surface area contributed by atoms with Crippen LogP contribution in [0.5, 0.6) is 0 Å². The van der Waals surface area contributed by atoms with Crippen LogP contribution in [0.3, 0.4) is 0 Å². The van der Waals surface area contributed by atoms with Crippen LogP contribution in [0.15, 0.2) is 48.7 Å². The monoisotopic (exact) mass is 266 g/mol. The first-order chi connectivity index (χ1) is 9.74. The number of hydrogen-bond donors (Lipinski definition) is 1. The third kappa shape index (κ3) is 2.38. The Morgan fingerprint density at radius 2 is 2.00 bits per heavy atom. The van der Waals surface area contributed by atoms with Gasteiger partial charge in [-0.3, -0.25) is 4.79 Å². The van der Waals surface area contributed by atoms with Gasteiger partial charge in [0.15, 0.2) is 0 Å². The number of rotatable bonds is 3. The van der Waals surface area contributed by atoms with Crippen molar-refractivity contribution in [3.8, 4) is 0 Å². The fourth-order valence-corrected chi connectivity index (χ4v) is 2.13. The number of aromatic nitrogens is 3. The van der Waals surface area contributed by atoms with Crippen molar-refractivity contribution in [2.45, 2.75) is 13.5 Å². The van der Waals surface area contributed by atoms with Gasteiger partial charge in [-0.15, -0.1) is 5.10 Å². The highest BCUT2D eigenvalue weighted by Crippen LogP contribution is 2.22. The molecule has 1 N–H and O–H groups in total. The maximum Gasteiger partial charge on any atom is 0.246 e. The van der Waals surface area contributed by atoms with Crippen molar-refractivity contribution in [1.29, 1.82) is 0 Å². The Balaban J connectivity index is 1.83. The fourth-order valence-electron chi connectivity index (χ4n) is 2.13. The Bertz CT molecular complexity index is 758. The molecule has 0 saturated heterocycles. The van der Waals surface area contributed by atoms with E-state index in [0.717, 1.165) is 22.2 Å². The van der Waals surface area contributed by atoms with Gasteiger partial charge in [-0.05, 0) is 18.4 Å². The van der Waals surface area contributed by atoms with Gasteiger partial charge < -0.3 is 5.32 Å². The van der Waals surface area contributed by atoms with E-state index in [1.807, 2.05) is 49.4 Å². The zero-order valence-electron chi connectivity index (χ0n) is 11.1. The number of fused-ring (bicyclic) bond motifs is 1. The summed E-state index contributed by atoms with van der Waals surface area (Å²) in [4.78, 5) is 12.1. The highest BCUT2D eigenvalue weighted by atomic mass is 16.2. The molecule has 1 amide bonds. The molecule has 0 bridgehead atoms. The Kier molecular flexibility index (Phi) is 3.16. The van der Waals surface area contributed by atoms with Crippen molar-refractivity contribution < 1.29 is 4.79 Å². The lowest BCUT2D eigenvalue weighted by molar-refractivity contribution is -0.116. The summed E-state index contributed by atoms with van der Waals surface area (Å²) in [6, 6.07) is 13.8. The van der Waals surface area contributed by atoms with Crippen LogP contribution in [-0.4, -0.2) is 20.9 Å². The zero-order valence-corrected chi connectivity index (χ0v) is 11.1. The molecular weight excluding hydrogens is 252 g/mol. The Hall–Kier alpha value is -2.69. The maximum absolute atomic E-state index is 12.1. The van der Waals surface area contributed by atoms with Crippen LogP contribution < -0.4 is 5.32 Å². The molecule has 1 heterocycles. The van der Waals surface area contributed by atoms with Crippen LogP contribution in [-0.2, 0) is 11.3 Å². The molecule has 3 rings (SSSR count). The van der Waals surface area contributed by atoms with E-state index in [9.17, 15) is 4.79 Å². The van der Waals surface area contributed by atoms with Crippen LogP contribution in [0.1, 0.15) is 5.69 Å². The first-order valence-electron chi connectivity index (χ1n) is 6.37. The van der Waals surface area contributed by atoms with Gasteiger partial charge in [-0.25, -0.2) is 4.68 Å². The molecule has 0 saturated carbocycles. The number of anilines is 1. The standard InChI is InChI=1S/C15H14N4O/c1-11-9-16-18-19(11)10-15(20)17-14-8-4-6-12-5-2-3-7-13(12)14/h2-9H,10H2,1H3,(H,17,20). The molecule has 0 aliphatic rings. The van der Waals surface area contributed by atoms with Gasteiger partial charge in [0.1, 0.15) is 6.54 Å². The van der Waals surface area contributed by atoms with Crippen LogP contribution >= 0.6 is 0 Å². The molecule has 0 unspecified atom stereocenters. The third-order valence-corrected chi connectivity index (χ3v) is 3.17. The molecule has 0 fully saturated rings. The highest BCUT2D eigenvalue weighted by molar-refractivity contribution is 6.01. The maximum atomic E-state index is 12.1. The number of carbonyl (C=O) groups is 1. The molecule has 3 aromatic rings. The fraction of sp³-hybridized carbons (Fsp3) is 0.133. The summed E-state index contributed by atoms with van der Waals surface area (Å²) < 4.78 is 1.57. The second-order valence-electron chi connectivity index (χ2n) is 4.61. The van der Waals surface area contributed by atoms with Gasteiger partial charge in [-0.2, -0.15) is 0 Å². The second kappa shape index (κ2) is 5.13. The van der Waals surface area contributed by atoms with Gasteiger partial charge in [0.2, 0.25) is 5.91 Å². The average molecular weight is 266 g/mol. The molecule has 0 aliphatic carbocycles. The summed E-state index contributed by atoms with van der Waals surface area (Å²) in [5.74, 6) is -0.116. The minimum Gasteiger partial charge on any atom is -0.324 e. The van der Waals surface area contributed by atoms with Crippen molar-refractivity contribution >= 4 is 22.4 Å². The predicted octanol–water partition coefficient (Wildman–Crippen LogP) is 2.38. The van der Waals surface area contributed by atoms with Crippen LogP contribution in [0.25, 0.3) is 10.8 Å². The third-order valence-electron chi connectivity index (χ3n) is 3.17. The number of hydrogen-bond acceptors (Lipinski definition) is 3. The van der Waals surface area contributed by atoms with E-state index in [-0.39, 0.29) is 12.5 Å². The number of benzene rings is 2. The molecule has 20 heavy (non-hydrogen) atoms. The van der Waals surface area contributed by atoms with Gasteiger partial charge in [0.05, 0.1) is 11.9 Å². The van der Waals surface area contributed by atoms with E-state index in [1.165, 1.54) is 0 Å². The van der Waals surface area contributed by atoms with E-state index in [0.29, 0.717) is 0 Å². The smallest absolute Gasteiger partial charge is 0.246 e. The number of nitrogens with one attached hydrogen (secondary N) is 1. The lowest BCUT2D eigenvalue weighted by atomic mass is 10.1. The highest BCUT2D eigenvalue weighted by Gasteiger charge is 2.08. The summed E-state index contributed by atoms with van der Waals surface area (Å²) in [5, 5.41) is 12.7. The van der Waals surface area contributed by atoms with Crippen molar-refractivity contribution in [3.05, 3.63) is 54.4 Å². The van der Waals surface area contributed by atoms with Crippen molar-refractivity contribution in [2.75, 3.05) is 5.32 Å². The Morgan fingerprint density at radius 1 is 1.20 bits per heavy atom. The zero-order chi connectivity index (χ0) is 13.9. The van der Waals surface area contributed by atoms with Gasteiger partial charge in [0.25, 0.3) is 0 Å². The molecule has 0 spiro atoms. The first-order valence-corrected chi connectivity index (χ1v) is 6.37. The van der Waals surface area contributed by atoms with Gasteiger partial charge >= 0.3 is 0 Å². The Labute approximate surface area is 116 Å². The number of amides is 1. The molecule has 5 heteroatoms. The molecule has 2 aromatic carbocycles. The van der Waals surface area contributed by atoms with E-state index >= 15 is 0 Å². The lowest BCUT2D eigenvalue weighted by Gasteiger charge is -2.09. The Morgan fingerprint density at radius 3 is 2.80 bits per heavy atom. The molecule has 5 nitrogen and oxygen atoms in total. The van der Waals surface area contributed by atoms with Crippen LogP contribution in [0, 0.1) is 6.92 Å². The molecule has 100 valence electrons. The minimum absolute atomic E-state index is 0.116. The summed E-state index contributed by atoms with van der Waals surface area (Å²) >= 11 is 0. The van der Waals surface area contributed by atoms with Gasteiger partial charge in [0, 0.05) is 11.1 Å². The van der Waals surface area contributed by atoms with Crippen molar-refractivity contribution in [1.82, 2.24) is 15.0 Å². The van der Waals surface area contributed by atoms with Crippen molar-refractivity contribution in [2.24, 2.45) is 0 Å². The van der Waals surface area contributed by atoms with Gasteiger partial charge in [-0.1, -0.05) is 41.6 Å². The molecular formula is C15H14N4O. The molecule has 0 radical (unpaired) electrons. The lowest BCUT2D eigenvalue weighted by Crippen LogP contribution is -2.20. The second-order valence-corrected chi connectivity index (χ2v) is 4.61. The summed E-state index contributed by atoms with van der Waals surface area (Å²) in [6.07, 6.45) is 1.63. The van der Waals surface area contributed by atoms with Crippen LogP contribution in [0.2, 0.25) is 0 Å². The molecule has 1 aromatic heterocycles. The van der Waals surface area contributed by atoms with E-state index < -0.39 is 0 Å². The summed E-state index contributed by atoms with van der Waals surface area (Å²) in [7, 11) is 0. The van der Waals surface area contributed by atoms with E-state index in [2.05, 4.69) is 15.6 Å². The average Bonchev–Trinajstić information content (AvgIpc) is 2.85.